The van der Waals surface area contributed by atoms with Crippen molar-refractivity contribution >= 4 is 21.8 Å². The van der Waals surface area contributed by atoms with Gasteiger partial charge in [0.1, 0.15) is 0 Å². The van der Waals surface area contributed by atoms with Gasteiger partial charge in [0.15, 0.2) is 0 Å². The molecule has 0 amide bonds. The molecule has 5 heteroatoms. The molecule has 0 unspecified atom stereocenters. The number of nitriles is 3. The van der Waals surface area contributed by atoms with Crippen LogP contribution in [0.5, 0.6) is 0 Å². The Kier molecular flexibility index (Phi) is 6.22. The monoisotopic (exact) mass is 547 g/mol. The van der Waals surface area contributed by atoms with Crippen LogP contribution in [0.15, 0.2) is 128 Å². The highest BCUT2D eigenvalue weighted by molar-refractivity contribution is 6.11. The van der Waals surface area contributed by atoms with Crippen LogP contribution in [-0.2, 0) is 0 Å². The van der Waals surface area contributed by atoms with Gasteiger partial charge in [-0.1, -0.05) is 36.4 Å². The zero-order valence-corrected chi connectivity index (χ0v) is 22.9. The molecule has 5 aromatic carbocycles. The Morgan fingerprint density at radius 2 is 0.884 bits per heavy atom. The maximum absolute atomic E-state index is 9.95. The number of rotatable bonds is 4. The van der Waals surface area contributed by atoms with Crippen molar-refractivity contribution in [1.82, 2.24) is 9.55 Å². The van der Waals surface area contributed by atoms with E-state index in [4.69, 9.17) is 0 Å². The summed E-state index contributed by atoms with van der Waals surface area (Å²) in [6, 6.07) is 44.6. The van der Waals surface area contributed by atoms with Gasteiger partial charge in [0.05, 0.1) is 45.9 Å². The molecule has 198 valence electrons. The summed E-state index contributed by atoms with van der Waals surface area (Å²) in [6.07, 6.45) is 3.51. The molecule has 0 spiro atoms. The number of nitrogens with zero attached hydrogens (tertiary/aromatic N) is 5. The molecular weight excluding hydrogens is 526 g/mol. The van der Waals surface area contributed by atoms with Gasteiger partial charge in [0.2, 0.25) is 0 Å². The van der Waals surface area contributed by atoms with Gasteiger partial charge in [0, 0.05) is 28.9 Å². The average Bonchev–Trinajstić information content (AvgIpc) is 3.41. The second kappa shape index (κ2) is 10.5. The van der Waals surface area contributed by atoms with Crippen molar-refractivity contribution in [1.29, 1.82) is 15.8 Å². The maximum Gasteiger partial charge on any atom is 0.0992 e. The van der Waals surface area contributed by atoms with E-state index in [1.807, 2.05) is 72.8 Å². The SMILES string of the molecule is N#Cc1ccc(-c2ccc3c(c2)c2cc(-c4ccc(C#N)cc4)ccc2n3-c2cc(C#N)cc(-c3ccncc3)c2)cc1. The number of aromatic nitrogens is 2. The second-order valence-corrected chi connectivity index (χ2v) is 10.3. The number of pyridine rings is 1. The topological polar surface area (TPSA) is 89.2 Å². The zero-order valence-electron chi connectivity index (χ0n) is 22.9. The molecule has 7 rings (SSSR count). The number of fused-ring (bicyclic) bond motifs is 3. The van der Waals surface area contributed by atoms with Gasteiger partial charge in [-0.3, -0.25) is 4.98 Å². The smallest absolute Gasteiger partial charge is 0.0992 e. The molecule has 5 nitrogen and oxygen atoms in total. The molecule has 0 aliphatic rings. The van der Waals surface area contributed by atoms with Crippen LogP contribution in [0.25, 0.3) is 60.9 Å². The van der Waals surface area contributed by atoms with Crippen LogP contribution in [0, 0.1) is 34.0 Å². The van der Waals surface area contributed by atoms with Crippen LogP contribution in [0.2, 0.25) is 0 Å². The van der Waals surface area contributed by atoms with Gasteiger partial charge in [-0.2, -0.15) is 15.8 Å². The summed E-state index contributed by atoms with van der Waals surface area (Å²) in [6.45, 7) is 0. The lowest BCUT2D eigenvalue weighted by Crippen LogP contribution is -1.96. The summed E-state index contributed by atoms with van der Waals surface area (Å²) in [4.78, 5) is 4.15. The molecule has 0 saturated heterocycles. The molecule has 0 fully saturated rings. The first-order chi connectivity index (χ1) is 21.1. The van der Waals surface area contributed by atoms with Crippen LogP contribution >= 0.6 is 0 Å². The summed E-state index contributed by atoms with van der Waals surface area (Å²) in [5.41, 5.74) is 10.8. The Labute approximate surface area is 248 Å². The molecule has 0 aliphatic heterocycles. The molecule has 0 N–H and O–H groups in total. The number of benzene rings is 5. The Morgan fingerprint density at radius 1 is 0.419 bits per heavy atom. The van der Waals surface area contributed by atoms with Crippen molar-refractivity contribution in [3.8, 4) is 57.3 Å². The van der Waals surface area contributed by atoms with Crippen molar-refractivity contribution in [2.45, 2.75) is 0 Å². The minimum absolute atomic E-state index is 0.572. The van der Waals surface area contributed by atoms with Crippen molar-refractivity contribution in [3.05, 3.63) is 144 Å². The summed E-state index contributed by atoms with van der Waals surface area (Å²) in [5.74, 6) is 0. The molecule has 0 aliphatic carbocycles. The van der Waals surface area contributed by atoms with Crippen LogP contribution < -0.4 is 0 Å². The lowest BCUT2D eigenvalue weighted by Gasteiger charge is -2.12. The number of hydrogen-bond donors (Lipinski definition) is 0. The summed E-state index contributed by atoms with van der Waals surface area (Å²) in [7, 11) is 0. The van der Waals surface area contributed by atoms with E-state index in [2.05, 4.69) is 70.2 Å². The molecule has 0 radical (unpaired) electrons. The van der Waals surface area contributed by atoms with E-state index >= 15 is 0 Å². The lowest BCUT2D eigenvalue weighted by atomic mass is 9.99. The van der Waals surface area contributed by atoms with E-state index in [1.54, 1.807) is 12.4 Å². The fourth-order valence-electron chi connectivity index (χ4n) is 5.65. The third-order valence-corrected chi connectivity index (χ3v) is 7.78. The quantitative estimate of drug-likeness (QED) is 0.220. The third kappa shape index (κ3) is 4.56. The van der Waals surface area contributed by atoms with Crippen LogP contribution in [-0.4, -0.2) is 9.55 Å². The van der Waals surface area contributed by atoms with Gasteiger partial charge in [0.25, 0.3) is 0 Å². The molecule has 43 heavy (non-hydrogen) atoms. The molecule has 0 bridgehead atoms. The van der Waals surface area contributed by atoms with Gasteiger partial charge < -0.3 is 4.57 Å². The van der Waals surface area contributed by atoms with E-state index < -0.39 is 0 Å². The van der Waals surface area contributed by atoms with E-state index in [-0.39, 0.29) is 0 Å². The third-order valence-electron chi connectivity index (χ3n) is 7.78. The van der Waals surface area contributed by atoms with Crippen LogP contribution in [0.3, 0.4) is 0 Å². The van der Waals surface area contributed by atoms with E-state index in [9.17, 15) is 15.8 Å². The first kappa shape index (κ1) is 25.5. The summed E-state index contributed by atoms with van der Waals surface area (Å²) >= 11 is 0. The van der Waals surface area contributed by atoms with Gasteiger partial charge in [-0.05, 0) is 112 Å². The fourth-order valence-corrected chi connectivity index (χ4v) is 5.65. The fraction of sp³-hybridized carbons (Fsp3) is 0. The molecule has 2 heterocycles. The first-order valence-electron chi connectivity index (χ1n) is 13.7. The van der Waals surface area contributed by atoms with Crippen molar-refractivity contribution in [2.75, 3.05) is 0 Å². The van der Waals surface area contributed by atoms with Gasteiger partial charge in [-0.15, -0.1) is 0 Å². The summed E-state index contributed by atoms with van der Waals surface area (Å²) in [5, 5.41) is 30.6. The zero-order chi connectivity index (χ0) is 29.3. The highest BCUT2D eigenvalue weighted by atomic mass is 15.0. The van der Waals surface area contributed by atoms with Gasteiger partial charge in [-0.25, -0.2) is 0 Å². The highest BCUT2D eigenvalue weighted by Crippen LogP contribution is 2.38. The standard InChI is InChI=1S/C38H21N5/c39-22-25-1-5-28(6-2-25)31-9-11-37-35(20-31)36-21-32(29-7-3-26(23-40)4-8-29)10-12-38(36)43(37)34-18-27(24-41)17-33(19-34)30-13-15-42-16-14-30/h1-21H. The van der Waals surface area contributed by atoms with E-state index in [1.165, 1.54) is 0 Å². The van der Waals surface area contributed by atoms with Crippen LogP contribution in [0.4, 0.5) is 0 Å². The minimum atomic E-state index is 0.572. The Bertz CT molecular complexity index is 2180. The molecule has 0 atom stereocenters. The Morgan fingerprint density at radius 3 is 1.37 bits per heavy atom. The molecule has 0 saturated carbocycles. The molecule has 7 aromatic rings. The van der Waals surface area contributed by atoms with Crippen molar-refractivity contribution < 1.29 is 0 Å². The average molecular weight is 548 g/mol. The maximum atomic E-state index is 9.95. The molecular formula is C38H21N5. The molecule has 2 aromatic heterocycles. The predicted octanol–water partition coefficient (Wildman–Crippen LogP) is 8.79. The van der Waals surface area contributed by atoms with Crippen molar-refractivity contribution in [3.63, 3.8) is 0 Å². The first-order valence-corrected chi connectivity index (χ1v) is 13.7. The van der Waals surface area contributed by atoms with Crippen LogP contribution in [0.1, 0.15) is 16.7 Å². The predicted molar refractivity (Wildman–Crippen MR) is 169 cm³/mol. The Hall–Kier alpha value is -6.48. The normalized spacial score (nSPS) is 10.7. The van der Waals surface area contributed by atoms with Gasteiger partial charge >= 0.3 is 0 Å². The largest absolute Gasteiger partial charge is 0.309 e. The second-order valence-electron chi connectivity index (χ2n) is 10.3. The van der Waals surface area contributed by atoms with E-state index in [0.29, 0.717) is 16.7 Å². The minimum Gasteiger partial charge on any atom is -0.309 e. The highest BCUT2D eigenvalue weighted by Gasteiger charge is 2.16. The van der Waals surface area contributed by atoms with Crippen molar-refractivity contribution in [2.24, 2.45) is 0 Å². The Balaban J connectivity index is 1.49. The number of hydrogen-bond acceptors (Lipinski definition) is 4. The lowest BCUT2D eigenvalue weighted by molar-refractivity contribution is 1.18. The summed E-state index contributed by atoms with van der Waals surface area (Å²) < 4.78 is 2.21. The van der Waals surface area contributed by atoms with E-state index in [0.717, 1.165) is 60.9 Å².